The SMILES string of the molecule is CCCCCCCCC[n+]1cccc(CCC)c1.CS(=O)(=O)O. The summed E-state index contributed by atoms with van der Waals surface area (Å²) in [5.74, 6) is 0. The van der Waals surface area contributed by atoms with Crippen molar-refractivity contribution >= 4 is 10.1 Å². The van der Waals surface area contributed by atoms with Gasteiger partial charge >= 0.3 is 0 Å². The quantitative estimate of drug-likeness (QED) is 0.393. The molecule has 0 aliphatic rings. The maximum Gasteiger partial charge on any atom is 0.261 e. The van der Waals surface area contributed by atoms with E-state index in [0.717, 1.165) is 0 Å². The van der Waals surface area contributed by atoms with Crippen LogP contribution in [0.2, 0.25) is 0 Å². The van der Waals surface area contributed by atoms with Crippen LogP contribution in [0.3, 0.4) is 0 Å². The molecule has 0 atom stereocenters. The third-order valence-electron chi connectivity index (χ3n) is 3.48. The van der Waals surface area contributed by atoms with Gasteiger partial charge in [0.05, 0.1) is 6.26 Å². The monoisotopic (exact) mass is 344 g/mol. The van der Waals surface area contributed by atoms with Gasteiger partial charge in [-0.05, 0) is 18.9 Å². The summed E-state index contributed by atoms with van der Waals surface area (Å²) in [6.45, 7) is 5.71. The highest BCUT2D eigenvalue weighted by atomic mass is 32.2. The molecule has 5 heteroatoms. The summed E-state index contributed by atoms with van der Waals surface area (Å²) in [5, 5.41) is 0. The molecular weight excluding hydrogens is 310 g/mol. The van der Waals surface area contributed by atoms with Gasteiger partial charge in [-0.2, -0.15) is 8.42 Å². The van der Waals surface area contributed by atoms with Gasteiger partial charge in [0.2, 0.25) is 0 Å². The fourth-order valence-electron chi connectivity index (χ4n) is 2.40. The minimum atomic E-state index is -3.67. The van der Waals surface area contributed by atoms with E-state index in [0.29, 0.717) is 6.26 Å². The predicted molar refractivity (Wildman–Crippen MR) is 96.1 cm³/mol. The first-order valence-corrected chi connectivity index (χ1v) is 10.6. The molecule has 0 aromatic carbocycles. The van der Waals surface area contributed by atoms with E-state index in [-0.39, 0.29) is 0 Å². The maximum absolute atomic E-state index is 9.19. The second kappa shape index (κ2) is 13.5. The van der Waals surface area contributed by atoms with Crippen LogP contribution in [-0.2, 0) is 23.1 Å². The van der Waals surface area contributed by atoms with Crippen LogP contribution in [0.1, 0.15) is 70.8 Å². The van der Waals surface area contributed by atoms with Crippen molar-refractivity contribution in [1.29, 1.82) is 0 Å². The van der Waals surface area contributed by atoms with Gasteiger partial charge in [-0.3, -0.25) is 4.55 Å². The molecule has 0 aliphatic heterocycles. The molecule has 1 N–H and O–H groups in total. The summed E-state index contributed by atoms with van der Waals surface area (Å²) >= 11 is 0. The zero-order chi connectivity index (χ0) is 17.6. The van der Waals surface area contributed by atoms with Gasteiger partial charge in [-0.1, -0.05) is 52.4 Å². The molecule has 4 nitrogen and oxygen atoms in total. The number of aromatic nitrogens is 1. The van der Waals surface area contributed by atoms with Gasteiger partial charge in [0, 0.05) is 18.1 Å². The summed E-state index contributed by atoms with van der Waals surface area (Å²) in [6.07, 6.45) is 17.4. The molecule has 1 heterocycles. The van der Waals surface area contributed by atoms with E-state index in [1.807, 2.05) is 0 Å². The van der Waals surface area contributed by atoms with Crippen molar-refractivity contribution in [2.45, 2.75) is 78.2 Å². The molecule has 134 valence electrons. The van der Waals surface area contributed by atoms with Crippen molar-refractivity contribution in [3.05, 3.63) is 30.1 Å². The largest absolute Gasteiger partial charge is 0.286 e. The zero-order valence-electron chi connectivity index (χ0n) is 15.0. The molecule has 0 amide bonds. The van der Waals surface area contributed by atoms with Crippen LogP contribution in [-0.4, -0.2) is 19.2 Å². The second-order valence-corrected chi connectivity index (χ2v) is 7.52. The first kappa shape index (κ1) is 22.1. The average molecular weight is 345 g/mol. The van der Waals surface area contributed by atoms with E-state index < -0.39 is 10.1 Å². The van der Waals surface area contributed by atoms with Crippen molar-refractivity contribution in [3.63, 3.8) is 0 Å². The number of nitrogens with zero attached hydrogens (tertiary/aromatic N) is 1. The molecule has 1 rings (SSSR count). The van der Waals surface area contributed by atoms with E-state index in [1.165, 1.54) is 69.9 Å². The molecule has 23 heavy (non-hydrogen) atoms. The molecule has 0 bridgehead atoms. The van der Waals surface area contributed by atoms with Gasteiger partial charge in [0.25, 0.3) is 10.1 Å². The summed E-state index contributed by atoms with van der Waals surface area (Å²) in [4.78, 5) is 0. The van der Waals surface area contributed by atoms with Gasteiger partial charge in [0.1, 0.15) is 6.54 Å². The van der Waals surface area contributed by atoms with Crippen molar-refractivity contribution in [2.75, 3.05) is 6.26 Å². The molecule has 0 saturated carbocycles. The summed E-state index contributed by atoms with van der Waals surface area (Å²) in [7, 11) is -3.67. The molecular formula is C18H34NO3S+. The smallest absolute Gasteiger partial charge is 0.261 e. The lowest BCUT2D eigenvalue weighted by molar-refractivity contribution is -0.697. The predicted octanol–water partition coefficient (Wildman–Crippen LogP) is 4.18. The topological polar surface area (TPSA) is 58.2 Å². The molecule has 0 unspecified atom stereocenters. The van der Waals surface area contributed by atoms with E-state index in [1.54, 1.807) is 0 Å². The maximum atomic E-state index is 9.19. The molecule has 0 spiro atoms. The van der Waals surface area contributed by atoms with E-state index in [2.05, 4.69) is 42.9 Å². The third-order valence-corrected chi connectivity index (χ3v) is 3.48. The molecule has 0 fully saturated rings. The van der Waals surface area contributed by atoms with Gasteiger partial charge in [0.15, 0.2) is 12.4 Å². The third kappa shape index (κ3) is 17.2. The van der Waals surface area contributed by atoms with E-state index in [4.69, 9.17) is 4.55 Å². The minimum absolute atomic E-state index is 0.715. The Morgan fingerprint density at radius 1 is 1.00 bits per heavy atom. The fraction of sp³-hybridized carbons (Fsp3) is 0.722. The Bertz CT molecular complexity index is 493. The van der Waals surface area contributed by atoms with Gasteiger partial charge < -0.3 is 0 Å². The number of aryl methyl sites for hydroxylation is 2. The van der Waals surface area contributed by atoms with Crippen molar-refractivity contribution in [1.82, 2.24) is 0 Å². The van der Waals surface area contributed by atoms with Crippen LogP contribution in [0.4, 0.5) is 0 Å². The standard InChI is InChI=1S/C17H30N.CH4O3S/c1-3-5-6-7-8-9-10-14-18-15-11-13-17(16-18)12-4-2;1-5(2,3)4/h11,13,15-16H,3-10,12,14H2,1-2H3;1H3,(H,2,3,4)/q+1;. The number of unbranched alkanes of at least 4 members (excludes halogenated alkanes) is 6. The Morgan fingerprint density at radius 2 is 1.57 bits per heavy atom. The van der Waals surface area contributed by atoms with Crippen LogP contribution >= 0.6 is 0 Å². The molecule has 0 saturated heterocycles. The van der Waals surface area contributed by atoms with Gasteiger partial charge in [-0.25, -0.2) is 4.57 Å². The van der Waals surface area contributed by atoms with E-state index >= 15 is 0 Å². The average Bonchev–Trinajstić information content (AvgIpc) is 2.45. The lowest BCUT2D eigenvalue weighted by Gasteiger charge is -2.01. The lowest BCUT2D eigenvalue weighted by Crippen LogP contribution is -2.33. The van der Waals surface area contributed by atoms with Crippen LogP contribution in [0.15, 0.2) is 24.5 Å². The molecule has 0 radical (unpaired) electrons. The van der Waals surface area contributed by atoms with Crippen LogP contribution in [0.5, 0.6) is 0 Å². The zero-order valence-corrected chi connectivity index (χ0v) is 15.8. The number of hydrogen-bond donors (Lipinski definition) is 1. The van der Waals surface area contributed by atoms with E-state index in [9.17, 15) is 8.42 Å². The Kier molecular flexibility index (Phi) is 12.9. The van der Waals surface area contributed by atoms with Crippen LogP contribution in [0, 0.1) is 0 Å². The van der Waals surface area contributed by atoms with Gasteiger partial charge in [-0.15, -0.1) is 0 Å². The highest BCUT2D eigenvalue weighted by molar-refractivity contribution is 7.85. The summed E-state index contributed by atoms with van der Waals surface area (Å²) in [5.41, 5.74) is 1.47. The second-order valence-electron chi connectivity index (χ2n) is 6.05. The fourth-order valence-corrected chi connectivity index (χ4v) is 2.40. The Labute approximate surface area is 142 Å². The first-order valence-electron chi connectivity index (χ1n) is 8.77. The van der Waals surface area contributed by atoms with Crippen molar-refractivity contribution < 1.29 is 17.5 Å². The Balaban J connectivity index is 0.000000841. The van der Waals surface area contributed by atoms with Crippen molar-refractivity contribution in [2.24, 2.45) is 0 Å². The highest BCUT2D eigenvalue weighted by Crippen LogP contribution is 2.07. The van der Waals surface area contributed by atoms with Crippen LogP contribution in [0.25, 0.3) is 0 Å². The number of hydrogen-bond acceptors (Lipinski definition) is 2. The lowest BCUT2D eigenvalue weighted by atomic mass is 10.1. The Morgan fingerprint density at radius 3 is 2.13 bits per heavy atom. The number of rotatable bonds is 10. The molecule has 0 aliphatic carbocycles. The first-order chi connectivity index (χ1) is 10.9. The number of pyridine rings is 1. The Hall–Kier alpha value is -0.940. The normalized spacial score (nSPS) is 11.0. The molecule has 1 aromatic rings. The molecule has 1 aromatic heterocycles. The van der Waals surface area contributed by atoms with Crippen molar-refractivity contribution in [3.8, 4) is 0 Å². The summed E-state index contributed by atoms with van der Waals surface area (Å²) in [6, 6.07) is 4.43. The summed E-state index contributed by atoms with van der Waals surface area (Å²) < 4.78 is 28.2. The highest BCUT2D eigenvalue weighted by Gasteiger charge is 2.01. The minimum Gasteiger partial charge on any atom is -0.286 e. The van der Waals surface area contributed by atoms with Crippen LogP contribution < -0.4 is 4.57 Å².